The number of methoxy groups -OCH3 is 2. The zero-order valence-electron chi connectivity index (χ0n) is 12.5. The number of unbranched alkanes of at least 4 members (excludes halogenated alkanes) is 2. The summed E-state index contributed by atoms with van der Waals surface area (Å²) >= 11 is 0. The monoisotopic (exact) mass is 279 g/mol. The summed E-state index contributed by atoms with van der Waals surface area (Å²) in [6.45, 7) is 1.87. The van der Waals surface area contributed by atoms with E-state index in [2.05, 4.69) is 5.32 Å². The topological polar surface area (TPSA) is 39.7 Å². The van der Waals surface area contributed by atoms with Gasteiger partial charge in [0, 0.05) is 24.2 Å². The molecule has 1 aliphatic rings. The Labute approximate surface area is 121 Å². The Morgan fingerprint density at radius 3 is 2.20 bits per heavy atom. The third-order valence-electron chi connectivity index (χ3n) is 3.43. The standard InChI is InChI=1S/C16H25NO3/c1-18-14-10-15(19-2)12-16(11-14)20-9-5-3-4-8-17-13-6-7-13/h10-13,17H,3-9H2,1-2H3. The van der Waals surface area contributed by atoms with Crippen LogP contribution in [0.15, 0.2) is 18.2 Å². The van der Waals surface area contributed by atoms with E-state index >= 15 is 0 Å². The molecule has 1 aromatic rings. The molecular weight excluding hydrogens is 254 g/mol. The van der Waals surface area contributed by atoms with E-state index in [-0.39, 0.29) is 0 Å². The molecule has 4 nitrogen and oxygen atoms in total. The van der Waals surface area contributed by atoms with Crippen LogP contribution < -0.4 is 19.5 Å². The Kier molecular flexibility index (Phi) is 5.99. The molecule has 20 heavy (non-hydrogen) atoms. The number of ether oxygens (including phenoxy) is 3. The minimum atomic E-state index is 0.736. The van der Waals surface area contributed by atoms with Crippen molar-refractivity contribution < 1.29 is 14.2 Å². The van der Waals surface area contributed by atoms with Gasteiger partial charge in [0.05, 0.1) is 20.8 Å². The molecule has 0 aromatic heterocycles. The highest BCUT2D eigenvalue weighted by Gasteiger charge is 2.19. The van der Waals surface area contributed by atoms with Gasteiger partial charge in [0.1, 0.15) is 17.2 Å². The molecule has 0 saturated heterocycles. The summed E-state index contributed by atoms with van der Waals surface area (Å²) in [7, 11) is 3.29. The van der Waals surface area contributed by atoms with Gasteiger partial charge >= 0.3 is 0 Å². The lowest BCUT2D eigenvalue weighted by Crippen LogP contribution is -2.17. The third kappa shape index (κ3) is 5.29. The Balaban J connectivity index is 1.62. The lowest BCUT2D eigenvalue weighted by Gasteiger charge is -2.10. The molecule has 112 valence electrons. The van der Waals surface area contributed by atoms with Gasteiger partial charge in [-0.15, -0.1) is 0 Å². The summed E-state index contributed by atoms with van der Waals surface area (Å²) < 4.78 is 16.2. The van der Waals surface area contributed by atoms with Gasteiger partial charge in [-0.25, -0.2) is 0 Å². The van der Waals surface area contributed by atoms with Gasteiger partial charge in [0.15, 0.2) is 0 Å². The van der Waals surface area contributed by atoms with E-state index < -0.39 is 0 Å². The fourth-order valence-corrected chi connectivity index (χ4v) is 2.05. The van der Waals surface area contributed by atoms with E-state index in [0.29, 0.717) is 0 Å². The molecule has 0 amide bonds. The first-order chi connectivity index (χ1) is 9.81. The summed E-state index contributed by atoms with van der Waals surface area (Å²) in [6, 6.07) is 6.43. The van der Waals surface area contributed by atoms with Crippen molar-refractivity contribution in [1.82, 2.24) is 5.32 Å². The molecule has 0 bridgehead atoms. The molecule has 0 spiro atoms. The molecule has 1 N–H and O–H groups in total. The average Bonchev–Trinajstić information content (AvgIpc) is 3.30. The summed E-state index contributed by atoms with van der Waals surface area (Å²) in [5.74, 6) is 2.32. The molecule has 1 saturated carbocycles. The van der Waals surface area contributed by atoms with Crippen molar-refractivity contribution in [1.29, 1.82) is 0 Å². The number of nitrogens with one attached hydrogen (secondary N) is 1. The predicted molar refractivity (Wildman–Crippen MR) is 79.9 cm³/mol. The predicted octanol–water partition coefficient (Wildman–Crippen LogP) is 3.00. The fourth-order valence-electron chi connectivity index (χ4n) is 2.05. The van der Waals surface area contributed by atoms with Gasteiger partial charge in [0.2, 0.25) is 0 Å². The van der Waals surface area contributed by atoms with Crippen molar-refractivity contribution in [3.63, 3.8) is 0 Å². The van der Waals surface area contributed by atoms with Gasteiger partial charge in [-0.1, -0.05) is 0 Å². The highest BCUT2D eigenvalue weighted by molar-refractivity contribution is 5.41. The van der Waals surface area contributed by atoms with Crippen LogP contribution in [0.2, 0.25) is 0 Å². The van der Waals surface area contributed by atoms with Crippen LogP contribution in [0, 0.1) is 0 Å². The maximum absolute atomic E-state index is 5.75. The Morgan fingerprint density at radius 2 is 1.60 bits per heavy atom. The first-order valence-electron chi connectivity index (χ1n) is 7.41. The molecule has 0 heterocycles. The van der Waals surface area contributed by atoms with Crippen LogP contribution in [0.4, 0.5) is 0 Å². The molecule has 4 heteroatoms. The zero-order chi connectivity index (χ0) is 14.2. The van der Waals surface area contributed by atoms with Crippen LogP contribution in [0.25, 0.3) is 0 Å². The van der Waals surface area contributed by atoms with Crippen LogP contribution in [0.1, 0.15) is 32.1 Å². The van der Waals surface area contributed by atoms with Crippen molar-refractivity contribution in [3.05, 3.63) is 18.2 Å². The minimum absolute atomic E-state index is 0.736. The Morgan fingerprint density at radius 1 is 0.950 bits per heavy atom. The smallest absolute Gasteiger partial charge is 0.126 e. The molecule has 1 aliphatic carbocycles. The first kappa shape index (κ1) is 15.0. The third-order valence-corrected chi connectivity index (χ3v) is 3.43. The second-order valence-corrected chi connectivity index (χ2v) is 5.19. The van der Waals surface area contributed by atoms with Gasteiger partial charge in [-0.2, -0.15) is 0 Å². The molecule has 0 unspecified atom stereocenters. The van der Waals surface area contributed by atoms with Crippen molar-refractivity contribution in [2.45, 2.75) is 38.1 Å². The lowest BCUT2D eigenvalue weighted by atomic mass is 10.2. The zero-order valence-corrected chi connectivity index (χ0v) is 12.5. The molecular formula is C16H25NO3. The Bertz CT molecular complexity index is 382. The van der Waals surface area contributed by atoms with Gasteiger partial charge in [0.25, 0.3) is 0 Å². The maximum Gasteiger partial charge on any atom is 0.126 e. The maximum atomic E-state index is 5.75. The number of rotatable bonds is 10. The lowest BCUT2D eigenvalue weighted by molar-refractivity contribution is 0.299. The first-order valence-corrected chi connectivity index (χ1v) is 7.41. The van der Waals surface area contributed by atoms with E-state index in [1.54, 1.807) is 14.2 Å². The van der Waals surface area contributed by atoms with Crippen LogP contribution in [0.5, 0.6) is 17.2 Å². The molecule has 0 radical (unpaired) electrons. The van der Waals surface area contributed by atoms with Gasteiger partial charge in [-0.05, 0) is 38.6 Å². The summed E-state index contributed by atoms with van der Waals surface area (Å²) in [4.78, 5) is 0. The Hall–Kier alpha value is -1.42. The van der Waals surface area contributed by atoms with Crippen molar-refractivity contribution >= 4 is 0 Å². The molecule has 0 aliphatic heterocycles. The van der Waals surface area contributed by atoms with Crippen molar-refractivity contribution in [2.24, 2.45) is 0 Å². The van der Waals surface area contributed by atoms with Crippen LogP contribution >= 0.6 is 0 Å². The van der Waals surface area contributed by atoms with E-state index in [1.807, 2.05) is 18.2 Å². The van der Waals surface area contributed by atoms with E-state index in [0.717, 1.165) is 42.9 Å². The van der Waals surface area contributed by atoms with E-state index in [9.17, 15) is 0 Å². The van der Waals surface area contributed by atoms with Gasteiger partial charge in [-0.3, -0.25) is 0 Å². The summed E-state index contributed by atoms with van der Waals surface area (Å²) in [5, 5.41) is 3.52. The van der Waals surface area contributed by atoms with E-state index in [1.165, 1.54) is 25.7 Å². The summed E-state index contributed by atoms with van der Waals surface area (Å²) in [5.41, 5.74) is 0. The highest BCUT2D eigenvalue weighted by atomic mass is 16.5. The molecule has 1 fully saturated rings. The van der Waals surface area contributed by atoms with Gasteiger partial charge < -0.3 is 19.5 Å². The molecule has 0 atom stereocenters. The molecule has 1 aromatic carbocycles. The van der Waals surface area contributed by atoms with Crippen LogP contribution in [-0.2, 0) is 0 Å². The summed E-state index contributed by atoms with van der Waals surface area (Å²) in [6.07, 6.45) is 6.22. The normalized spacial score (nSPS) is 14.1. The highest BCUT2D eigenvalue weighted by Crippen LogP contribution is 2.27. The fraction of sp³-hybridized carbons (Fsp3) is 0.625. The average molecular weight is 279 g/mol. The quantitative estimate of drug-likeness (QED) is 0.668. The minimum Gasteiger partial charge on any atom is -0.496 e. The van der Waals surface area contributed by atoms with Crippen LogP contribution in [-0.4, -0.2) is 33.4 Å². The number of hydrogen-bond donors (Lipinski definition) is 1. The SMILES string of the molecule is COc1cc(OC)cc(OCCCCCNC2CC2)c1. The van der Waals surface area contributed by atoms with Crippen molar-refractivity contribution in [2.75, 3.05) is 27.4 Å². The largest absolute Gasteiger partial charge is 0.496 e. The number of hydrogen-bond acceptors (Lipinski definition) is 4. The second-order valence-electron chi connectivity index (χ2n) is 5.19. The van der Waals surface area contributed by atoms with Crippen molar-refractivity contribution in [3.8, 4) is 17.2 Å². The van der Waals surface area contributed by atoms with Crippen LogP contribution in [0.3, 0.4) is 0 Å². The number of benzene rings is 1. The molecule has 2 rings (SSSR count). The second kappa shape index (κ2) is 8.00. The van der Waals surface area contributed by atoms with E-state index in [4.69, 9.17) is 14.2 Å².